The molecule has 0 saturated carbocycles. The lowest BCUT2D eigenvalue weighted by Gasteiger charge is -2.08. The molecule has 0 aliphatic rings. The van der Waals surface area contributed by atoms with Crippen LogP contribution in [-0.2, 0) is 6.42 Å². The van der Waals surface area contributed by atoms with Gasteiger partial charge in [0.05, 0.1) is 6.20 Å². The first kappa shape index (κ1) is 13.5. The molecular formula is C13H14BrN3S. The van der Waals surface area contributed by atoms with Crippen LogP contribution < -0.4 is 5.73 Å². The van der Waals surface area contributed by atoms with E-state index in [0.717, 1.165) is 20.8 Å². The molecule has 0 amide bonds. The van der Waals surface area contributed by atoms with Crippen LogP contribution in [0.2, 0.25) is 0 Å². The summed E-state index contributed by atoms with van der Waals surface area (Å²) in [6, 6.07) is 6.48. The third-order valence-electron chi connectivity index (χ3n) is 2.31. The molecule has 3 nitrogen and oxygen atoms in total. The third-order valence-corrected chi connectivity index (χ3v) is 4.22. The van der Waals surface area contributed by atoms with E-state index in [-0.39, 0.29) is 6.04 Å². The normalized spacial score (nSPS) is 12.4. The predicted molar refractivity (Wildman–Crippen MR) is 77.7 cm³/mol. The molecule has 1 atom stereocenters. The first-order valence-corrected chi connectivity index (χ1v) is 7.24. The standard InChI is InChI=1S/C13H14BrN3S/c1-9(15)6-10-2-3-12(11(14)7-10)18-13-8-16-4-5-17-13/h2-5,7-9H,6,15H2,1H3. The summed E-state index contributed by atoms with van der Waals surface area (Å²) in [5.74, 6) is 0. The number of benzene rings is 1. The number of nitrogens with two attached hydrogens (primary N) is 1. The molecule has 2 aromatic rings. The maximum absolute atomic E-state index is 5.80. The van der Waals surface area contributed by atoms with Crippen molar-refractivity contribution in [2.75, 3.05) is 0 Å². The van der Waals surface area contributed by atoms with Crippen molar-refractivity contribution >= 4 is 27.7 Å². The first-order valence-electron chi connectivity index (χ1n) is 5.63. The Morgan fingerprint density at radius 2 is 2.22 bits per heavy atom. The largest absolute Gasteiger partial charge is 0.328 e. The van der Waals surface area contributed by atoms with E-state index in [1.165, 1.54) is 5.56 Å². The van der Waals surface area contributed by atoms with Gasteiger partial charge in [-0.05, 0) is 47.0 Å². The van der Waals surface area contributed by atoms with Crippen LogP contribution in [0.5, 0.6) is 0 Å². The average molecular weight is 324 g/mol. The lowest BCUT2D eigenvalue weighted by molar-refractivity contribution is 0.737. The zero-order chi connectivity index (χ0) is 13.0. The summed E-state index contributed by atoms with van der Waals surface area (Å²) in [6.07, 6.45) is 6.01. The highest BCUT2D eigenvalue weighted by molar-refractivity contribution is 9.10. The number of hydrogen-bond donors (Lipinski definition) is 1. The van der Waals surface area contributed by atoms with E-state index >= 15 is 0 Å². The summed E-state index contributed by atoms with van der Waals surface area (Å²) in [5, 5.41) is 0.887. The molecule has 2 rings (SSSR count). The van der Waals surface area contributed by atoms with Crippen molar-refractivity contribution in [1.29, 1.82) is 0 Å². The molecular weight excluding hydrogens is 310 g/mol. The van der Waals surface area contributed by atoms with E-state index in [9.17, 15) is 0 Å². The molecule has 0 fully saturated rings. The van der Waals surface area contributed by atoms with E-state index in [1.54, 1.807) is 30.4 Å². The van der Waals surface area contributed by atoms with Crippen molar-refractivity contribution < 1.29 is 0 Å². The van der Waals surface area contributed by atoms with Gasteiger partial charge in [-0.3, -0.25) is 4.98 Å². The second-order valence-electron chi connectivity index (χ2n) is 4.09. The van der Waals surface area contributed by atoms with Gasteiger partial charge in [0.1, 0.15) is 5.03 Å². The molecule has 2 N–H and O–H groups in total. The maximum Gasteiger partial charge on any atom is 0.119 e. The zero-order valence-corrected chi connectivity index (χ0v) is 12.4. The van der Waals surface area contributed by atoms with Crippen LogP contribution in [0.4, 0.5) is 0 Å². The van der Waals surface area contributed by atoms with Gasteiger partial charge in [0.15, 0.2) is 0 Å². The van der Waals surface area contributed by atoms with Crippen LogP contribution in [0.3, 0.4) is 0 Å². The summed E-state index contributed by atoms with van der Waals surface area (Å²) < 4.78 is 1.07. The summed E-state index contributed by atoms with van der Waals surface area (Å²) in [7, 11) is 0. The van der Waals surface area contributed by atoms with Crippen LogP contribution in [0.1, 0.15) is 12.5 Å². The average Bonchev–Trinajstić information content (AvgIpc) is 2.33. The Balaban J connectivity index is 2.15. The highest BCUT2D eigenvalue weighted by Gasteiger charge is 2.06. The topological polar surface area (TPSA) is 51.8 Å². The van der Waals surface area contributed by atoms with E-state index in [4.69, 9.17) is 5.73 Å². The van der Waals surface area contributed by atoms with Crippen LogP contribution in [0, 0.1) is 0 Å². The van der Waals surface area contributed by atoms with Gasteiger partial charge in [0.25, 0.3) is 0 Å². The molecule has 0 bridgehead atoms. The van der Waals surface area contributed by atoms with Gasteiger partial charge in [-0.1, -0.05) is 17.8 Å². The Hall–Kier alpha value is -0.910. The van der Waals surface area contributed by atoms with Crippen molar-refractivity contribution in [2.24, 2.45) is 5.73 Å². The SMILES string of the molecule is CC(N)Cc1ccc(Sc2cnccn2)c(Br)c1. The summed E-state index contributed by atoms with van der Waals surface area (Å²) in [6.45, 7) is 2.01. The number of halogens is 1. The number of nitrogens with zero attached hydrogens (tertiary/aromatic N) is 2. The highest BCUT2D eigenvalue weighted by Crippen LogP contribution is 2.32. The van der Waals surface area contributed by atoms with Gasteiger partial charge >= 0.3 is 0 Å². The molecule has 5 heteroatoms. The maximum atomic E-state index is 5.80. The Kier molecular flexibility index (Phi) is 4.74. The number of hydrogen-bond acceptors (Lipinski definition) is 4. The molecule has 1 unspecified atom stereocenters. The van der Waals surface area contributed by atoms with Crippen molar-refractivity contribution in [1.82, 2.24) is 9.97 Å². The Morgan fingerprint density at radius 1 is 1.39 bits per heavy atom. The smallest absolute Gasteiger partial charge is 0.119 e. The molecule has 1 aromatic heterocycles. The van der Waals surface area contributed by atoms with Crippen molar-refractivity contribution in [2.45, 2.75) is 29.3 Å². The molecule has 94 valence electrons. The lowest BCUT2D eigenvalue weighted by atomic mass is 10.1. The van der Waals surface area contributed by atoms with E-state index < -0.39 is 0 Å². The molecule has 0 aliphatic carbocycles. The number of rotatable bonds is 4. The Labute approximate surface area is 119 Å². The van der Waals surface area contributed by atoms with E-state index in [2.05, 4.69) is 44.1 Å². The van der Waals surface area contributed by atoms with Crippen LogP contribution >= 0.6 is 27.7 Å². The van der Waals surface area contributed by atoms with Crippen LogP contribution in [0.25, 0.3) is 0 Å². The highest BCUT2D eigenvalue weighted by atomic mass is 79.9. The van der Waals surface area contributed by atoms with E-state index in [0.29, 0.717) is 0 Å². The lowest BCUT2D eigenvalue weighted by Crippen LogP contribution is -2.17. The monoisotopic (exact) mass is 323 g/mol. The Morgan fingerprint density at radius 3 is 2.83 bits per heavy atom. The third kappa shape index (κ3) is 3.80. The Bertz CT molecular complexity index is 517. The zero-order valence-electron chi connectivity index (χ0n) is 10.0. The first-order chi connectivity index (χ1) is 8.65. The van der Waals surface area contributed by atoms with Crippen LogP contribution in [-0.4, -0.2) is 16.0 Å². The fourth-order valence-corrected chi connectivity index (χ4v) is 2.99. The molecule has 18 heavy (non-hydrogen) atoms. The van der Waals surface area contributed by atoms with Crippen molar-refractivity contribution in [3.63, 3.8) is 0 Å². The van der Waals surface area contributed by atoms with Gasteiger partial charge in [-0.2, -0.15) is 0 Å². The quantitative estimate of drug-likeness (QED) is 0.938. The van der Waals surface area contributed by atoms with Gasteiger partial charge in [-0.25, -0.2) is 4.98 Å². The minimum atomic E-state index is 0.176. The summed E-state index contributed by atoms with van der Waals surface area (Å²) in [4.78, 5) is 9.43. The van der Waals surface area contributed by atoms with Gasteiger partial charge < -0.3 is 5.73 Å². The molecule has 0 radical (unpaired) electrons. The molecule has 0 spiro atoms. The molecule has 0 aliphatic heterocycles. The minimum absolute atomic E-state index is 0.176. The fraction of sp³-hybridized carbons (Fsp3) is 0.231. The van der Waals surface area contributed by atoms with Crippen LogP contribution in [0.15, 0.2) is 51.2 Å². The fourth-order valence-electron chi connectivity index (χ4n) is 1.58. The van der Waals surface area contributed by atoms with Gasteiger partial charge in [-0.15, -0.1) is 0 Å². The van der Waals surface area contributed by atoms with Gasteiger partial charge in [0.2, 0.25) is 0 Å². The number of aromatic nitrogens is 2. The molecule has 1 aromatic carbocycles. The second-order valence-corrected chi connectivity index (χ2v) is 6.01. The predicted octanol–water partition coefficient (Wildman–Crippen LogP) is 3.28. The van der Waals surface area contributed by atoms with E-state index in [1.807, 2.05) is 6.92 Å². The second kappa shape index (κ2) is 6.31. The summed E-state index contributed by atoms with van der Waals surface area (Å²) >= 11 is 5.17. The van der Waals surface area contributed by atoms with Crippen molar-refractivity contribution in [3.8, 4) is 0 Å². The van der Waals surface area contributed by atoms with Gasteiger partial charge in [0, 0.05) is 27.8 Å². The summed E-state index contributed by atoms with van der Waals surface area (Å²) in [5.41, 5.74) is 7.03. The molecule has 1 heterocycles. The van der Waals surface area contributed by atoms with Crippen molar-refractivity contribution in [3.05, 3.63) is 46.8 Å². The minimum Gasteiger partial charge on any atom is -0.328 e. The molecule has 0 saturated heterocycles.